The molecule has 1 aromatic rings. The third-order valence-electron chi connectivity index (χ3n) is 3.45. The molecule has 0 saturated heterocycles. The average Bonchev–Trinajstić information content (AvgIpc) is 2.32. The molecule has 1 aliphatic carbocycles. The van der Waals surface area contributed by atoms with Gasteiger partial charge in [-0.1, -0.05) is 12.1 Å². The number of carboxylic acid groups (broad SMARTS) is 1. The summed E-state index contributed by atoms with van der Waals surface area (Å²) in [4.78, 5) is 23.1. The Morgan fingerprint density at radius 3 is 2.25 bits per heavy atom. The Kier molecular flexibility index (Phi) is 3.45. The predicted molar refractivity (Wildman–Crippen MR) is 63.1 cm³/mol. The number of halogens is 3. The van der Waals surface area contributed by atoms with Gasteiger partial charge in [-0.3, -0.25) is 4.79 Å². The Morgan fingerprint density at radius 2 is 1.80 bits per heavy atom. The highest BCUT2D eigenvalue weighted by Gasteiger charge is 2.46. The van der Waals surface area contributed by atoms with E-state index in [2.05, 4.69) is 5.32 Å². The summed E-state index contributed by atoms with van der Waals surface area (Å²) in [5.74, 6) is -2.23. The van der Waals surface area contributed by atoms with Crippen LogP contribution >= 0.6 is 0 Å². The summed E-state index contributed by atoms with van der Waals surface area (Å²) in [6, 6.07) is 4.31. The zero-order valence-electron chi connectivity index (χ0n) is 10.3. The average molecular weight is 287 g/mol. The van der Waals surface area contributed by atoms with E-state index in [1.807, 2.05) is 0 Å². The van der Waals surface area contributed by atoms with Crippen molar-refractivity contribution in [3.05, 3.63) is 35.4 Å². The summed E-state index contributed by atoms with van der Waals surface area (Å²) in [6.07, 6.45) is -3.60. The van der Waals surface area contributed by atoms with Gasteiger partial charge >= 0.3 is 12.1 Å². The number of amides is 1. The fourth-order valence-electron chi connectivity index (χ4n) is 2.14. The zero-order chi connectivity index (χ0) is 15.0. The van der Waals surface area contributed by atoms with Crippen LogP contribution in [0.5, 0.6) is 0 Å². The van der Waals surface area contributed by atoms with Gasteiger partial charge in [0, 0.05) is 0 Å². The first-order valence-corrected chi connectivity index (χ1v) is 5.98. The molecule has 7 heteroatoms. The quantitative estimate of drug-likeness (QED) is 0.897. The van der Waals surface area contributed by atoms with Gasteiger partial charge < -0.3 is 10.4 Å². The lowest BCUT2D eigenvalue weighted by Crippen LogP contribution is -2.59. The normalized spacial score (nSPS) is 17.1. The minimum Gasteiger partial charge on any atom is -0.480 e. The summed E-state index contributed by atoms with van der Waals surface area (Å²) >= 11 is 0. The molecular weight excluding hydrogens is 275 g/mol. The van der Waals surface area contributed by atoms with Gasteiger partial charge in [0.2, 0.25) is 0 Å². The highest BCUT2D eigenvalue weighted by atomic mass is 19.4. The lowest BCUT2D eigenvalue weighted by atomic mass is 9.76. The van der Waals surface area contributed by atoms with Crippen molar-refractivity contribution in [2.75, 3.05) is 0 Å². The Hall–Kier alpha value is -2.05. The number of benzene rings is 1. The predicted octanol–water partition coefficient (Wildman–Crippen LogP) is 2.44. The number of hydrogen-bond acceptors (Lipinski definition) is 2. The van der Waals surface area contributed by atoms with Crippen LogP contribution in [-0.4, -0.2) is 22.5 Å². The molecule has 1 aromatic carbocycles. The van der Waals surface area contributed by atoms with Crippen molar-refractivity contribution in [3.8, 4) is 0 Å². The van der Waals surface area contributed by atoms with Crippen molar-refractivity contribution in [1.82, 2.24) is 5.32 Å². The molecule has 1 aliphatic rings. The maximum atomic E-state index is 12.8. The van der Waals surface area contributed by atoms with Crippen molar-refractivity contribution >= 4 is 11.9 Å². The molecule has 1 fully saturated rings. The van der Waals surface area contributed by atoms with Crippen LogP contribution < -0.4 is 5.32 Å². The van der Waals surface area contributed by atoms with Gasteiger partial charge in [-0.05, 0) is 31.4 Å². The van der Waals surface area contributed by atoms with Crippen LogP contribution in [0, 0.1) is 0 Å². The molecule has 1 amide bonds. The van der Waals surface area contributed by atoms with Crippen molar-refractivity contribution < 1.29 is 27.9 Å². The molecule has 0 spiro atoms. The Labute approximate surface area is 112 Å². The molecule has 0 unspecified atom stereocenters. The first-order chi connectivity index (χ1) is 9.26. The highest BCUT2D eigenvalue weighted by molar-refractivity contribution is 5.99. The van der Waals surface area contributed by atoms with Crippen LogP contribution in [0.25, 0.3) is 0 Å². The van der Waals surface area contributed by atoms with Crippen LogP contribution in [0.15, 0.2) is 24.3 Å². The Balaban J connectivity index is 2.29. The van der Waals surface area contributed by atoms with Crippen LogP contribution in [0.3, 0.4) is 0 Å². The summed E-state index contributed by atoms with van der Waals surface area (Å²) in [5, 5.41) is 11.3. The third kappa shape index (κ3) is 2.48. The summed E-state index contributed by atoms with van der Waals surface area (Å²) in [5.41, 5.74) is -3.07. The van der Waals surface area contributed by atoms with Gasteiger partial charge in [0.15, 0.2) is 0 Å². The number of alkyl halides is 3. The van der Waals surface area contributed by atoms with Crippen molar-refractivity contribution in [1.29, 1.82) is 0 Å². The standard InChI is InChI=1S/C13H12F3NO3/c14-13(15,16)9-5-2-1-4-8(9)10(18)17-12(11(19)20)6-3-7-12/h1-2,4-5H,3,6-7H2,(H,17,18)(H,19,20). The number of rotatable bonds is 3. The number of carbonyl (C=O) groups excluding carboxylic acids is 1. The molecule has 108 valence electrons. The van der Waals surface area contributed by atoms with Gasteiger partial charge in [-0.25, -0.2) is 4.79 Å². The molecule has 2 rings (SSSR count). The molecule has 0 aromatic heterocycles. The minimum atomic E-state index is -4.66. The molecule has 0 atom stereocenters. The van der Waals surface area contributed by atoms with Crippen LogP contribution in [0.4, 0.5) is 13.2 Å². The number of carboxylic acids is 1. The van der Waals surface area contributed by atoms with E-state index in [0.29, 0.717) is 6.42 Å². The van der Waals surface area contributed by atoms with E-state index in [1.165, 1.54) is 12.1 Å². The smallest absolute Gasteiger partial charge is 0.417 e. The van der Waals surface area contributed by atoms with Gasteiger partial charge in [0.1, 0.15) is 5.54 Å². The SMILES string of the molecule is O=C(NC1(C(=O)O)CCC1)c1ccccc1C(F)(F)F. The largest absolute Gasteiger partial charge is 0.480 e. The Morgan fingerprint density at radius 1 is 1.20 bits per heavy atom. The molecule has 1 saturated carbocycles. The van der Waals surface area contributed by atoms with E-state index < -0.39 is 34.7 Å². The maximum Gasteiger partial charge on any atom is 0.417 e. The molecule has 0 aliphatic heterocycles. The zero-order valence-corrected chi connectivity index (χ0v) is 10.3. The van der Waals surface area contributed by atoms with Crippen molar-refractivity contribution in [2.24, 2.45) is 0 Å². The van der Waals surface area contributed by atoms with Crippen LogP contribution in [0.2, 0.25) is 0 Å². The Bertz CT molecular complexity index is 550. The number of aliphatic carboxylic acids is 1. The minimum absolute atomic E-state index is 0.224. The van der Waals surface area contributed by atoms with Crippen molar-refractivity contribution in [3.63, 3.8) is 0 Å². The second kappa shape index (κ2) is 4.81. The molecule has 20 heavy (non-hydrogen) atoms. The van der Waals surface area contributed by atoms with Crippen molar-refractivity contribution in [2.45, 2.75) is 31.0 Å². The van der Waals surface area contributed by atoms with Gasteiger partial charge in [-0.15, -0.1) is 0 Å². The van der Waals surface area contributed by atoms with Gasteiger partial charge in [0.05, 0.1) is 11.1 Å². The first-order valence-electron chi connectivity index (χ1n) is 5.98. The lowest BCUT2D eigenvalue weighted by Gasteiger charge is -2.38. The summed E-state index contributed by atoms with van der Waals surface area (Å²) in [7, 11) is 0. The number of hydrogen-bond donors (Lipinski definition) is 2. The molecular formula is C13H12F3NO3. The highest BCUT2D eigenvalue weighted by Crippen LogP contribution is 2.34. The van der Waals surface area contributed by atoms with Gasteiger partial charge in [-0.2, -0.15) is 13.2 Å². The van der Waals surface area contributed by atoms with E-state index in [4.69, 9.17) is 5.11 Å². The molecule has 4 nitrogen and oxygen atoms in total. The van der Waals surface area contributed by atoms with E-state index in [-0.39, 0.29) is 12.8 Å². The third-order valence-corrected chi connectivity index (χ3v) is 3.45. The van der Waals surface area contributed by atoms with E-state index in [9.17, 15) is 22.8 Å². The number of carbonyl (C=O) groups is 2. The summed E-state index contributed by atoms with van der Waals surface area (Å²) in [6.45, 7) is 0. The van der Waals surface area contributed by atoms with E-state index >= 15 is 0 Å². The molecule has 0 bridgehead atoms. The second-order valence-corrected chi connectivity index (χ2v) is 4.74. The molecule has 0 heterocycles. The maximum absolute atomic E-state index is 12.8. The first kappa shape index (κ1) is 14.4. The van der Waals surface area contributed by atoms with E-state index in [1.54, 1.807) is 0 Å². The number of nitrogens with one attached hydrogen (secondary N) is 1. The monoisotopic (exact) mass is 287 g/mol. The van der Waals surface area contributed by atoms with Crippen LogP contribution in [-0.2, 0) is 11.0 Å². The lowest BCUT2D eigenvalue weighted by molar-refractivity contribution is -0.148. The molecule has 0 radical (unpaired) electrons. The van der Waals surface area contributed by atoms with Gasteiger partial charge in [0.25, 0.3) is 5.91 Å². The topological polar surface area (TPSA) is 66.4 Å². The fourth-order valence-corrected chi connectivity index (χ4v) is 2.14. The molecule has 2 N–H and O–H groups in total. The van der Waals surface area contributed by atoms with E-state index in [0.717, 1.165) is 12.1 Å². The fraction of sp³-hybridized carbons (Fsp3) is 0.385. The summed E-state index contributed by atoms with van der Waals surface area (Å²) < 4.78 is 38.4. The second-order valence-electron chi connectivity index (χ2n) is 4.74. The van der Waals surface area contributed by atoms with Crippen LogP contribution in [0.1, 0.15) is 35.2 Å².